The molecule has 2 rings (SSSR count). The fourth-order valence-corrected chi connectivity index (χ4v) is 3.38. The number of carbonyl (C=O) groups excluding carboxylic acids is 2. The van der Waals surface area contributed by atoms with E-state index >= 15 is 0 Å². The standard InChI is InChI=1S/C18H25Cl2N3O3/c1-3-22(4-2)18(25)23-9-7-14(8-10-23)21-17(24)12-26-16-6-5-13(19)11-15(16)20/h5-6,11,14H,3-4,7-10,12H2,1-2H3,(H,21,24). The van der Waals surface area contributed by atoms with Crippen LogP contribution in [0.15, 0.2) is 18.2 Å². The van der Waals surface area contributed by atoms with Gasteiger partial charge in [0, 0.05) is 37.2 Å². The van der Waals surface area contributed by atoms with E-state index in [1.807, 2.05) is 23.6 Å². The van der Waals surface area contributed by atoms with Crippen LogP contribution in [0.4, 0.5) is 4.79 Å². The summed E-state index contributed by atoms with van der Waals surface area (Å²) in [7, 11) is 0. The predicted octanol–water partition coefficient (Wildman–Crippen LogP) is 3.41. The second-order valence-corrected chi connectivity index (χ2v) is 6.99. The first-order valence-electron chi connectivity index (χ1n) is 8.85. The Balaban J connectivity index is 1.75. The van der Waals surface area contributed by atoms with Crippen molar-refractivity contribution in [2.75, 3.05) is 32.8 Å². The highest BCUT2D eigenvalue weighted by Crippen LogP contribution is 2.27. The third kappa shape index (κ3) is 5.68. The molecule has 0 aromatic heterocycles. The maximum Gasteiger partial charge on any atom is 0.319 e. The largest absolute Gasteiger partial charge is 0.482 e. The Bertz CT molecular complexity index is 630. The van der Waals surface area contributed by atoms with Gasteiger partial charge in [0.05, 0.1) is 5.02 Å². The quantitative estimate of drug-likeness (QED) is 0.793. The number of ether oxygens (including phenoxy) is 1. The van der Waals surface area contributed by atoms with Crippen molar-refractivity contribution in [3.63, 3.8) is 0 Å². The van der Waals surface area contributed by atoms with Crippen molar-refractivity contribution in [3.8, 4) is 5.75 Å². The number of carbonyl (C=O) groups is 2. The molecular weight excluding hydrogens is 377 g/mol. The monoisotopic (exact) mass is 401 g/mol. The maximum absolute atomic E-state index is 12.3. The molecule has 1 aliphatic rings. The number of likely N-dealkylation sites (tertiary alicyclic amines) is 1. The van der Waals surface area contributed by atoms with Crippen LogP contribution in [-0.4, -0.2) is 60.6 Å². The first-order valence-corrected chi connectivity index (χ1v) is 9.61. The van der Waals surface area contributed by atoms with E-state index in [9.17, 15) is 9.59 Å². The summed E-state index contributed by atoms with van der Waals surface area (Å²) in [5.41, 5.74) is 0. The third-order valence-electron chi connectivity index (χ3n) is 4.42. The third-order valence-corrected chi connectivity index (χ3v) is 4.95. The Morgan fingerprint density at radius 2 is 1.88 bits per heavy atom. The number of piperidine rings is 1. The van der Waals surface area contributed by atoms with E-state index in [2.05, 4.69) is 5.32 Å². The van der Waals surface area contributed by atoms with E-state index in [4.69, 9.17) is 27.9 Å². The summed E-state index contributed by atoms with van der Waals surface area (Å²) in [6, 6.07) is 4.98. The Morgan fingerprint density at radius 3 is 2.46 bits per heavy atom. The molecule has 0 radical (unpaired) electrons. The van der Waals surface area contributed by atoms with Gasteiger partial charge in [-0.25, -0.2) is 4.79 Å². The lowest BCUT2D eigenvalue weighted by Gasteiger charge is -2.35. The van der Waals surface area contributed by atoms with Crippen LogP contribution in [0.25, 0.3) is 0 Å². The highest BCUT2D eigenvalue weighted by molar-refractivity contribution is 6.35. The second-order valence-electron chi connectivity index (χ2n) is 6.15. The first kappa shape index (κ1) is 20.6. The lowest BCUT2D eigenvalue weighted by molar-refractivity contribution is -0.124. The van der Waals surface area contributed by atoms with Gasteiger partial charge in [-0.05, 0) is 44.9 Å². The van der Waals surface area contributed by atoms with Crippen LogP contribution in [0.5, 0.6) is 5.75 Å². The minimum absolute atomic E-state index is 0.0487. The van der Waals surface area contributed by atoms with Crippen molar-refractivity contribution in [1.29, 1.82) is 0 Å². The predicted molar refractivity (Wildman–Crippen MR) is 103 cm³/mol. The van der Waals surface area contributed by atoms with Crippen LogP contribution in [0.2, 0.25) is 10.0 Å². The molecule has 0 atom stereocenters. The lowest BCUT2D eigenvalue weighted by atomic mass is 10.1. The lowest BCUT2D eigenvalue weighted by Crippen LogP contribution is -2.51. The van der Waals surface area contributed by atoms with E-state index in [1.165, 1.54) is 0 Å². The van der Waals surface area contributed by atoms with E-state index in [0.717, 1.165) is 12.8 Å². The minimum atomic E-state index is -0.204. The number of hydrogen-bond acceptors (Lipinski definition) is 3. The zero-order valence-corrected chi connectivity index (χ0v) is 16.6. The van der Waals surface area contributed by atoms with E-state index < -0.39 is 0 Å². The van der Waals surface area contributed by atoms with Crippen molar-refractivity contribution < 1.29 is 14.3 Å². The molecule has 1 aromatic rings. The topological polar surface area (TPSA) is 61.9 Å². The maximum atomic E-state index is 12.3. The van der Waals surface area contributed by atoms with Gasteiger partial charge >= 0.3 is 6.03 Å². The number of nitrogens with zero attached hydrogens (tertiary/aromatic N) is 2. The van der Waals surface area contributed by atoms with Crippen molar-refractivity contribution in [2.45, 2.75) is 32.7 Å². The molecular formula is C18H25Cl2N3O3. The Labute approximate surface area is 164 Å². The van der Waals surface area contributed by atoms with Gasteiger partial charge in [0.2, 0.25) is 0 Å². The fraction of sp³-hybridized carbons (Fsp3) is 0.556. The summed E-state index contributed by atoms with van der Waals surface area (Å²) in [6.07, 6.45) is 1.47. The van der Waals surface area contributed by atoms with Crippen LogP contribution in [-0.2, 0) is 4.79 Å². The van der Waals surface area contributed by atoms with Crippen LogP contribution in [0.3, 0.4) is 0 Å². The molecule has 1 fully saturated rings. The highest BCUT2D eigenvalue weighted by Gasteiger charge is 2.26. The molecule has 0 bridgehead atoms. The van der Waals surface area contributed by atoms with Gasteiger partial charge < -0.3 is 19.9 Å². The number of halogens is 2. The van der Waals surface area contributed by atoms with E-state index in [1.54, 1.807) is 18.2 Å². The molecule has 0 spiro atoms. The summed E-state index contributed by atoms with van der Waals surface area (Å²) in [5, 5.41) is 3.83. The van der Waals surface area contributed by atoms with Gasteiger partial charge in [0.15, 0.2) is 6.61 Å². The van der Waals surface area contributed by atoms with Crippen molar-refractivity contribution in [2.24, 2.45) is 0 Å². The average Bonchev–Trinajstić information content (AvgIpc) is 2.62. The second kappa shape index (κ2) is 9.88. The Morgan fingerprint density at radius 1 is 1.23 bits per heavy atom. The van der Waals surface area contributed by atoms with Crippen molar-refractivity contribution >= 4 is 35.1 Å². The van der Waals surface area contributed by atoms with E-state index in [-0.39, 0.29) is 24.6 Å². The van der Waals surface area contributed by atoms with Gasteiger partial charge in [0.25, 0.3) is 5.91 Å². The summed E-state index contributed by atoms with van der Waals surface area (Å²) < 4.78 is 5.44. The smallest absolute Gasteiger partial charge is 0.319 e. The van der Waals surface area contributed by atoms with Crippen molar-refractivity contribution in [1.82, 2.24) is 15.1 Å². The van der Waals surface area contributed by atoms with Gasteiger partial charge in [-0.3, -0.25) is 4.79 Å². The molecule has 1 saturated heterocycles. The van der Waals surface area contributed by atoms with E-state index in [0.29, 0.717) is 42.0 Å². The summed E-state index contributed by atoms with van der Waals surface area (Å²) in [6.45, 7) is 6.53. The SMILES string of the molecule is CCN(CC)C(=O)N1CCC(NC(=O)COc2ccc(Cl)cc2Cl)CC1. The highest BCUT2D eigenvalue weighted by atomic mass is 35.5. The molecule has 1 aromatic carbocycles. The van der Waals surface area contributed by atoms with Gasteiger partial charge in [-0.15, -0.1) is 0 Å². The summed E-state index contributed by atoms with van der Waals surface area (Å²) >= 11 is 11.8. The zero-order valence-electron chi connectivity index (χ0n) is 15.1. The number of urea groups is 1. The molecule has 1 heterocycles. The molecule has 144 valence electrons. The van der Waals surface area contributed by atoms with Gasteiger partial charge in [-0.2, -0.15) is 0 Å². The summed E-state index contributed by atoms with van der Waals surface area (Å²) in [5.74, 6) is 0.218. The molecule has 1 aliphatic heterocycles. The average molecular weight is 402 g/mol. The van der Waals surface area contributed by atoms with Crippen LogP contribution in [0, 0.1) is 0 Å². The van der Waals surface area contributed by atoms with Crippen LogP contribution < -0.4 is 10.1 Å². The normalized spacial score (nSPS) is 14.8. The van der Waals surface area contributed by atoms with Gasteiger partial charge in [0.1, 0.15) is 5.75 Å². The molecule has 8 heteroatoms. The molecule has 1 N–H and O–H groups in total. The molecule has 3 amide bonds. The van der Waals surface area contributed by atoms with Crippen LogP contribution in [0.1, 0.15) is 26.7 Å². The first-order chi connectivity index (χ1) is 12.4. The molecule has 0 aliphatic carbocycles. The molecule has 6 nitrogen and oxygen atoms in total. The Kier molecular flexibility index (Phi) is 7.85. The van der Waals surface area contributed by atoms with Crippen molar-refractivity contribution in [3.05, 3.63) is 28.2 Å². The Hall–Kier alpha value is -1.66. The minimum Gasteiger partial charge on any atom is -0.482 e. The fourth-order valence-electron chi connectivity index (χ4n) is 2.91. The molecule has 0 saturated carbocycles. The number of nitrogens with one attached hydrogen (secondary N) is 1. The van der Waals surface area contributed by atoms with Gasteiger partial charge in [-0.1, -0.05) is 23.2 Å². The number of rotatable bonds is 6. The molecule has 26 heavy (non-hydrogen) atoms. The number of amides is 3. The number of benzene rings is 1. The number of hydrogen-bond donors (Lipinski definition) is 1. The van der Waals surface area contributed by atoms with Crippen LogP contribution >= 0.6 is 23.2 Å². The summed E-state index contributed by atoms with van der Waals surface area (Å²) in [4.78, 5) is 28.1. The molecule has 0 unspecified atom stereocenters. The zero-order chi connectivity index (χ0) is 19.1.